The fourth-order valence-electron chi connectivity index (χ4n) is 2.99. The molecule has 27 heteroatoms. The minimum atomic E-state index is -4.09. The van der Waals surface area contributed by atoms with Crippen molar-refractivity contribution >= 4 is 76.7 Å². The quantitative estimate of drug-likeness (QED) is 0.0401. The van der Waals surface area contributed by atoms with E-state index in [2.05, 4.69) is 31.0 Å². The van der Waals surface area contributed by atoms with Crippen LogP contribution in [0.25, 0.3) is 0 Å². The SMILES string of the molecule is NS(=O)(=O)c1nnc(NC(=O)CN(CCOCCOCCN(CC(=O)O)CC(=O)Nc2nnc(S(N)(=O)=O)s2)CC(=O)O)s1.[Zn]. The van der Waals surface area contributed by atoms with Gasteiger partial charge in [0, 0.05) is 32.6 Å². The second-order valence-electron chi connectivity index (χ2n) is 8.37. The molecule has 0 spiro atoms. The van der Waals surface area contributed by atoms with Gasteiger partial charge >= 0.3 is 11.9 Å². The second kappa shape index (κ2) is 19.1. The Kier molecular flexibility index (Phi) is 17.1. The van der Waals surface area contributed by atoms with Crippen LogP contribution in [-0.2, 0) is 68.2 Å². The summed E-state index contributed by atoms with van der Waals surface area (Å²) in [7, 11) is -8.19. The van der Waals surface area contributed by atoms with E-state index in [4.69, 9.17) is 30.0 Å². The molecule has 2 aromatic rings. The Labute approximate surface area is 276 Å². The van der Waals surface area contributed by atoms with Gasteiger partial charge in [-0.15, -0.1) is 20.4 Å². The summed E-state index contributed by atoms with van der Waals surface area (Å²) in [6, 6.07) is 0. The van der Waals surface area contributed by atoms with Crippen molar-refractivity contribution in [2.24, 2.45) is 10.3 Å². The van der Waals surface area contributed by atoms with Crippen LogP contribution in [0.4, 0.5) is 10.3 Å². The molecule has 0 aliphatic rings. The molecule has 45 heavy (non-hydrogen) atoms. The molecule has 8 N–H and O–H groups in total. The van der Waals surface area contributed by atoms with Crippen molar-refractivity contribution in [3.63, 3.8) is 0 Å². The van der Waals surface area contributed by atoms with Crippen LogP contribution in [0, 0.1) is 0 Å². The first-order valence-electron chi connectivity index (χ1n) is 11.9. The molecule has 2 aromatic heterocycles. The molecule has 22 nitrogen and oxygen atoms in total. The number of nitrogens with one attached hydrogen (secondary N) is 2. The van der Waals surface area contributed by atoms with Crippen molar-refractivity contribution in [2.45, 2.75) is 8.68 Å². The molecule has 0 saturated heterocycles. The zero-order chi connectivity index (χ0) is 32.9. The maximum Gasteiger partial charge on any atom is 0.317 e. The molecule has 0 radical (unpaired) electrons. The number of ether oxygens (including phenoxy) is 2. The molecule has 0 unspecified atom stereocenters. The van der Waals surface area contributed by atoms with E-state index < -0.39 is 65.6 Å². The minimum Gasteiger partial charge on any atom is -0.480 e. The number of aromatic nitrogens is 4. The first-order valence-corrected chi connectivity index (χ1v) is 16.6. The summed E-state index contributed by atoms with van der Waals surface area (Å²) in [5.74, 6) is -3.76. The predicted molar refractivity (Wildman–Crippen MR) is 150 cm³/mol. The number of carbonyl (C=O) groups excluding carboxylic acids is 2. The van der Waals surface area contributed by atoms with Crippen molar-refractivity contribution in [1.82, 2.24) is 30.2 Å². The fraction of sp³-hybridized carbons (Fsp3) is 0.556. The Hall–Kier alpha value is -2.72. The number of hydrogen-bond acceptors (Lipinski definition) is 18. The number of nitrogens with two attached hydrogens (primary N) is 2. The summed E-state index contributed by atoms with van der Waals surface area (Å²) in [6.07, 6.45) is 0. The third-order valence-corrected chi connectivity index (χ3v) is 9.02. The van der Waals surface area contributed by atoms with Crippen LogP contribution in [0.5, 0.6) is 0 Å². The van der Waals surface area contributed by atoms with E-state index in [1.807, 2.05) is 0 Å². The molecule has 0 aliphatic heterocycles. The number of rotatable bonds is 21. The summed E-state index contributed by atoms with van der Waals surface area (Å²) in [6.45, 7) is -1.51. The summed E-state index contributed by atoms with van der Waals surface area (Å²) in [5.41, 5.74) is 0. The van der Waals surface area contributed by atoms with E-state index in [0.717, 1.165) is 0 Å². The number of primary sulfonamides is 2. The van der Waals surface area contributed by atoms with Crippen molar-refractivity contribution in [1.29, 1.82) is 0 Å². The Morgan fingerprint density at radius 3 is 1.31 bits per heavy atom. The normalized spacial score (nSPS) is 11.7. The standard InChI is InChI=1S/C18H28N10O12S4.Zn/c19-43(35,36)17-25-23-15(41-17)21-11(29)7-27(9-13(31)32)1-3-39-5-6-40-4-2-28(10-14(33)34)8-12(30)22-16-24-26-18(42-16)44(20,37)38;/h1-10H2,(H,31,32)(H,33,34)(H2,19,35,36)(H2,20,37,38)(H,21,23,29)(H,22,24,30);. The van der Waals surface area contributed by atoms with E-state index in [-0.39, 0.29) is 82.3 Å². The minimum absolute atomic E-state index is 0. The van der Waals surface area contributed by atoms with Crippen LogP contribution in [0.1, 0.15) is 0 Å². The van der Waals surface area contributed by atoms with Gasteiger partial charge in [-0.05, 0) is 0 Å². The Morgan fingerprint density at radius 2 is 1.02 bits per heavy atom. The van der Waals surface area contributed by atoms with Crippen LogP contribution >= 0.6 is 22.7 Å². The van der Waals surface area contributed by atoms with Crippen LogP contribution in [0.15, 0.2) is 8.68 Å². The number of carboxylic acids is 2. The van der Waals surface area contributed by atoms with Crippen LogP contribution < -0.4 is 20.9 Å². The van der Waals surface area contributed by atoms with E-state index in [1.165, 1.54) is 9.80 Å². The van der Waals surface area contributed by atoms with Crippen LogP contribution in [0.3, 0.4) is 0 Å². The predicted octanol–water partition coefficient (Wildman–Crippen LogP) is -3.93. The Bertz CT molecular complexity index is 1410. The zero-order valence-electron chi connectivity index (χ0n) is 23.2. The van der Waals surface area contributed by atoms with Gasteiger partial charge in [0.05, 0.1) is 52.6 Å². The number of hydrogen-bond donors (Lipinski definition) is 6. The summed E-state index contributed by atoms with van der Waals surface area (Å²) < 4.78 is 54.8. The molecule has 2 heterocycles. The number of anilines is 2. The van der Waals surface area contributed by atoms with Gasteiger partial charge in [0.2, 0.25) is 30.8 Å². The number of nitrogens with zero attached hydrogens (tertiary/aromatic N) is 6. The van der Waals surface area contributed by atoms with Crippen LogP contribution in [0.2, 0.25) is 0 Å². The van der Waals surface area contributed by atoms with Crippen molar-refractivity contribution in [3.05, 3.63) is 0 Å². The Morgan fingerprint density at radius 1 is 0.667 bits per heavy atom. The number of carbonyl (C=O) groups is 4. The summed E-state index contributed by atoms with van der Waals surface area (Å²) >= 11 is 1.06. The van der Waals surface area contributed by atoms with Gasteiger partial charge in [-0.25, -0.2) is 27.1 Å². The molecule has 0 saturated carbocycles. The topological polar surface area (TPSA) is 330 Å². The van der Waals surface area contributed by atoms with E-state index in [0.29, 0.717) is 22.7 Å². The summed E-state index contributed by atoms with van der Waals surface area (Å²) in [4.78, 5) is 49.3. The second-order valence-corrected chi connectivity index (χ2v) is 13.8. The van der Waals surface area contributed by atoms with Gasteiger partial charge in [0.15, 0.2) is 0 Å². The number of carboxylic acid groups (broad SMARTS) is 2. The van der Waals surface area contributed by atoms with Gasteiger partial charge in [-0.1, -0.05) is 22.7 Å². The molecule has 0 aliphatic carbocycles. The van der Waals surface area contributed by atoms with Crippen molar-refractivity contribution < 1.29 is 75.2 Å². The van der Waals surface area contributed by atoms with Gasteiger partial charge in [-0.3, -0.25) is 39.6 Å². The average Bonchev–Trinajstić information content (AvgIpc) is 3.54. The molecule has 248 valence electrons. The van der Waals surface area contributed by atoms with Crippen LogP contribution in [-0.4, -0.2) is 147 Å². The monoisotopic (exact) mass is 768 g/mol. The largest absolute Gasteiger partial charge is 0.480 e. The van der Waals surface area contributed by atoms with E-state index in [1.54, 1.807) is 0 Å². The number of amides is 2. The van der Waals surface area contributed by atoms with Gasteiger partial charge in [0.25, 0.3) is 20.0 Å². The molecular weight excluding hydrogens is 742 g/mol. The molecule has 0 fully saturated rings. The molecule has 2 rings (SSSR count). The van der Waals surface area contributed by atoms with E-state index in [9.17, 15) is 36.0 Å². The molecule has 0 atom stereocenters. The van der Waals surface area contributed by atoms with Crippen molar-refractivity contribution in [3.8, 4) is 0 Å². The third kappa shape index (κ3) is 16.4. The summed E-state index contributed by atoms with van der Waals surface area (Å²) in [5, 5.41) is 46.1. The Balaban J connectivity index is 0.0000101. The maximum absolute atomic E-state index is 12.2. The van der Waals surface area contributed by atoms with Gasteiger partial charge in [0.1, 0.15) is 0 Å². The van der Waals surface area contributed by atoms with E-state index >= 15 is 0 Å². The third-order valence-electron chi connectivity index (χ3n) is 4.72. The first-order chi connectivity index (χ1) is 20.5. The zero-order valence-corrected chi connectivity index (χ0v) is 29.5. The molecule has 0 bridgehead atoms. The average molecular weight is 770 g/mol. The fourth-order valence-corrected chi connectivity index (χ4v) is 5.69. The maximum atomic E-state index is 12.2. The molecule has 2 amide bonds. The smallest absolute Gasteiger partial charge is 0.317 e. The van der Waals surface area contributed by atoms with Crippen molar-refractivity contribution in [2.75, 3.05) is 76.3 Å². The van der Waals surface area contributed by atoms with Gasteiger partial charge in [-0.2, -0.15) is 0 Å². The number of sulfonamides is 2. The first kappa shape index (κ1) is 40.3. The number of aliphatic carboxylic acids is 2. The molecular formula is C18H28N10O12S4Zn. The molecule has 0 aromatic carbocycles. The van der Waals surface area contributed by atoms with Gasteiger partial charge < -0.3 is 19.7 Å².